The number of piperidine rings is 1. The number of halogens is 1. The number of imide groups is 1. The normalized spacial score (nSPS) is 28.5. The predicted octanol–water partition coefficient (Wildman–Crippen LogP) is 1.50. The highest BCUT2D eigenvalue weighted by Gasteiger charge is 2.72. The summed E-state index contributed by atoms with van der Waals surface area (Å²) in [4.78, 5) is 25.3. The van der Waals surface area contributed by atoms with Crippen LogP contribution in [0.1, 0.15) is 25.5 Å². The SMILES string of the molecule is CC1(C)C2C(=O)N(CC(O)c3ccccc3F)C(=O)C21. The van der Waals surface area contributed by atoms with Gasteiger partial charge in [0.2, 0.25) is 11.8 Å². The number of fused-ring (bicyclic) bond motifs is 1. The van der Waals surface area contributed by atoms with E-state index >= 15 is 0 Å². The van der Waals surface area contributed by atoms with Gasteiger partial charge in [-0.05, 0) is 11.5 Å². The molecule has 1 aromatic carbocycles. The number of benzene rings is 1. The van der Waals surface area contributed by atoms with E-state index in [0.717, 1.165) is 4.90 Å². The molecule has 1 saturated heterocycles. The van der Waals surface area contributed by atoms with E-state index in [0.29, 0.717) is 0 Å². The Balaban J connectivity index is 1.76. The number of aliphatic hydroxyl groups is 1. The zero-order valence-corrected chi connectivity index (χ0v) is 11.3. The summed E-state index contributed by atoms with van der Waals surface area (Å²) in [5.41, 5.74) is -0.166. The first-order valence-corrected chi connectivity index (χ1v) is 6.63. The van der Waals surface area contributed by atoms with Gasteiger partial charge in [0.1, 0.15) is 5.82 Å². The third-order valence-electron chi connectivity index (χ3n) is 4.51. The van der Waals surface area contributed by atoms with E-state index in [4.69, 9.17) is 0 Å². The van der Waals surface area contributed by atoms with Crippen LogP contribution in [0.5, 0.6) is 0 Å². The molecule has 3 unspecified atom stereocenters. The molecular weight excluding hydrogens is 261 g/mol. The number of carbonyl (C=O) groups excluding carboxylic acids is 2. The standard InChI is InChI=1S/C15H16FNO3/c1-15(2)11-12(15)14(20)17(13(11)19)7-10(18)8-5-3-4-6-9(8)16/h3-6,10-12,18H,7H2,1-2H3. The largest absolute Gasteiger partial charge is 0.386 e. The highest BCUT2D eigenvalue weighted by Crippen LogP contribution is 2.63. The summed E-state index contributed by atoms with van der Waals surface area (Å²) in [5.74, 6) is -1.59. The van der Waals surface area contributed by atoms with Gasteiger partial charge in [0, 0.05) is 5.56 Å². The molecule has 20 heavy (non-hydrogen) atoms. The summed E-state index contributed by atoms with van der Waals surface area (Å²) in [6, 6.07) is 5.83. The molecule has 3 rings (SSSR count). The minimum Gasteiger partial charge on any atom is -0.386 e. The molecule has 0 radical (unpaired) electrons. The Morgan fingerprint density at radius 2 is 1.80 bits per heavy atom. The first kappa shape index (κ1) is 13.2. The highest BCUT2D eigenvalue weighted by molar-refractivity contribution is 6.10. The summed E-state index contributed by atoms with van der Waals surface area (Å²) in [7, 11) is 0. The number of carbonyl (C=O) groups is 2. The van der Waals surface area contributed by atoms with Gasteiger partial charge in [-0.25, -0.2) is 4.39 Å². The fourth-order valence-corrected chi connectivity index (χ4v) is 3.20. The zero-order valence-electron chi connectivity index (χ0n) is 11.3. The van der Waals surface area contributed by atoms with Crippen molar-refractivity contribution in [2.45, 2.75) is 20.0 Å². The lowest BCUT2D eigenvalue weighted by Gasteiger charge is -2.23. The van der Waals surface area contributed by atoms with E-state index in [1.54, 1.807) is 6.07 Å². The van der Waals surface area contributed by atoms with Crippen LogP contribution in [0.2, 0.25) is 0 Å². The predicted molar refractivity (Wildman–Crippen MR) is 68.8 cm³/mol. The number of hydrogen-bond donors (Lipinski definition) is 1. The van der Waals surface area contributed by atoms with E-state index in [1.807, 2.05) is 13.8 Å². The molecule has 0 bridgehead atoms. The Labute approximate surface area is 116 Å². The summed E-state index contributed by atoms with van der Waals surface area (Å²) in [6.07, 6.45) is -1.19. The molecule has 5 heteroatoms. The van der Waals surface area contributed by atoms with Gasteiger partial charge in [0.25, 0.3) is 0 Å². The fraction of sp³-hybridized carbons (Fsp3) is 0.467. The summed E-state index contributed by atoms with van der Waals surface area (Å²) >= 11 is 0. The lowest BCUT2D eigenvalue weighted by atomic mass is 10.0. The van der Waals surface area contributed by atoms with Crippen molar-refractivity contribution in [2.24, 2.45) is 17.3 Å². The zero-order chi connectivity index (χ0) is 14.7. The smallest absolute Gasteiger partial charge is 0.233 e. The number of aliphatic hydroxyl groups excluding tert-OH is 1. The van der Waals surface area contributed by atoms with Gasteiger partial charge in [-0.3, -0.25) is 14.5 Å². The molecule has 106 valence electrons. The van der Waals surface area contributed by atoms with Gasteiger partial charge in [-0.1, -0.05) is 32.0 Å². The number of likely N-dealkylation sites (tertiary alicyclic amines) is 1. The summed E-state index contributed by atoms with van der Waals surface area (Å²) < 4.78 is 13.6. The van der Waals surface area contributed by atoms with Crippen LogP contribution < -0.4 is 0 Å². The molecule has 2 amide bonds. The molecule has 0 spiro atoms. The minimum atomic E-state index is -1.19. The topological polar surface area (TPSA) is 57.6 Å². The quantitative estimate of drug-likeness (QED) is 0.852. The van der Waals surface area contributed by atoms with Crippen LogP contribution in [-0.4, -0.2) is 28.4 Å². The lowest BCUT2D eigenvalue weighted by molar-refractivity contribution is -0.144. The van der Waals surface area contributed by atoms with Crippen LogP contribution in [0, 0.1) is 23.1 Å². The van der Waals surface area contributed by atoms with Gasteiger partial charge < -0.3 is 5.11 Å². The van der Waals surface area contributed by atoms with Crippen LogP contribution in [0.15, 0.2) is 24.3 Å². The molecular formula is C15H16FNO3. The van der Waals surface area contributed by atoms with Gasteiger partial charge in [-0.15, -0.1) is 0 Å². The summed E-state index contributed by atoms with van der Waals surface area (Å²) in [5, 5.41) is 10.0. The Morgan fingerprint density at radius 3 is 2.35 bits per heavy atom. The molecule has 1 aliphatic heterocycles. The van der Waals surface area contributed by atoms with Crippen LogP contribution in [-0.2, 0) is 9.59 Å². The molecule has 4 nitrogen and oxygen atoms in total. The van der Waals surface area contributed by atoms with Gasteiger partial charge in [0.05, 0.1) is 24.5 Å². The molecule has 1 saturated carbocycles. The van der Waals surface area contributed by atoms with Crippen molar-refractivity contribution < 1.29 is 19.1 Å². The molecule has 3 atom stereocenters. The van der Waals surface area contributed by atoms with Crippen LogP contribution in [0.4, 0.5) is 4.39 Å². The van der Waals surface area contributed by atoms with E-state index < -0.39 is 11.9 Å². The second-order valence-electron chi connectivity index (χ2n) is 6.10. The van der Waals surface area contributed by atoms with Crippen LogP contribution >= 0.6 is 0 Å². The average molecular weight is 277 g/mol. The van der Waals surface area contributed by atoms with Crippen LogP contribution in [0.25, 0.3) is 0 Å². The Hall–Kier alpha value is -1.75. The Morgan fingerprint density at radius 1 is 1.25 bits per heavy atom. The molecule has 1 N–H and O–H groups in total. The summed E-state index contributed by atoms with van der Waals surface area (Å²) in [6.45, 7) is 3.60. The number of amides is 2. The highest BCUT2D eigenvalue weighted by atomic mass is 19.1. The number of rotatable bonds is 3. The first-order valence-electron chi connectivity index (χ1n) is 6.63. The number of β-amino-alcohol motifs (C(OH)–C–C–N with tert-alkyl or cyclic N) is 1. The second-order valence-corrected chi connectivity index (χ2v) is 6.10. The Kier molecular flexibility index (Phi) is 2.73. The third-order valence-corrected chi connectivity index (χ3v) is 4.51. The van der Waals surface area contributed by atoms with Crippen molar-refractivity contribution in [2.75, 3.05) is 6.54 Å². The molecule has 1 aliphatic carbocycles. The van der Waals surface area contributed by atoms with Crippen molar-refractivity contribution in [3.63, 3.8) is 0 Å². The third kappa shape index (κ3) is 1.69. The van der Waals surface area contributed by atoms with Gasteiger partial charge >= 0.3 is 0 Å². The number of nitrogens with zero attached hydrogens (tertiary/aromatic N) is 1. The van der Waals surface area contributed by atoms with Crippen molar-refractivity contribution >= 4 is 11.8 Å². The van der Waals surface area contributed by atoms with Gasteiger partial charge in [0.15, 0.2) is 0 Å². The van der Waals surface area contributed by atoms with Crippen molar-refractivity contribution in [1.29, 1.82) is 0 Å². The minimum absolute atomic E-state index is 0.105. The van der Waals surface area contributed by atoms with Crippen molar-refractivity contribution in [1.82, 2.24) is 4.90 Å². The molecule has 0 aromatic heterocycles. The molecule has 2 fully saturated rings. The van der Waals surface area contributed by atoms with E-state index in [1.165, 1.54) is 18.2 Å². The lowest BCUT2D eigenvalue weighted by Crippen LogP contribution is -2.39. The maximum Gasteiger partial charge on any atom is 0.233 e. The average Bonchev–Trinajstić information content (AvgIpc) is 2.86. The van der Waals surface area contributed by atoms with Crippen LogP contribution in [0.3, 0.4) is 0 Å². The number of hydrogen-bond acceptors (Lipinski definition) is 3. The maximum absolute atomic E-state index is 13.6. The van der Waals surface area contributed by atoms with E-state index in [9.17, 15) is 19.1 Å². The maximum atomic E-state index is 13.6. The molecule has 1 aromatic rings. The Bertz CT molecular complexity index is 575. The van der Waals surface area contributed by atoms with Crippen molar-refractivity contribution in [3.05, 3.63) is 35.6 Å². The van der Waals surface area contributed by atoms with Gasteiger partial charge in [-0.2, -0.15) is 0 Å². The van der Waals surface area contributed by atoms with E-state index in [2.05, 4.69) is 0 Å². The second kappa shape index (κ2) is 4.12. The first-order chi connectivity index (χ1) is 9.35. The monoisotopic (exact) mass is 277 g/mol. The molecule has 1 heterocycles. The molecule has 2 aliphatic rings. The van der Waals surface area contributed by atoms with Crippen molar-refractivity contribution in [3.8, 4) is 0 Å². The fourth-order valence-electron chi connectivity index (χ4n) is 3.20. The van der Waals surface area contributed by atoms with E-state index in [-0.39, 0.29) is 41.2 Å².